The summed E-state index contributed by atoms with van der Waals surface area (Å²) in [6.07, 6.45) is 0. The summed E-state index contributed by atoms with van der Waals surface area (Å²) in [6.45, 7) is 1.84. The minimum Gasteiger partial charge on any atom is -0.493 e. The van der Waals surface area contributed by atoms with Gasteiger partial charge >= 0.3 is 5.97 Å². The van der Waals surface area contributed by atoms with Crippen molar-refractivity contribution < 1.29 is 33.3 Å². The maximum absolute atomic E-state index is 13.6. The summed E-state index contributed by atoms with van der Waals surface area (Å²) in [4.78, 5) is 39.5. The van der Waals surface area contributed by atoms with Crippen molar-refractivity contribution >= 4 is 23.3 Å². The quantitative estimate of drug-likeness (QED) is 0.538. The fourth-order valence-electron chi connectivity index (χ4n) is 4.62. The van der Waals surface area contributed by atoms with E-state index in [2.05, 4.69) is 5.32 Å². The van der Waals surface area contributed by atoms with Gasteiger partial charge in [0.15, 0.2) is 17.3 Å². The second kappa shape index (κ2) is 7.61. The number of esters is 1. The Labute approximate surface area is 179 Å². The van der Waals surface area contributed by atoms with Crippen molar-refractivity contribution in [3.63, 3.8) is 0 Å². The molecule has 1 spiro atoms. The SMILES string of the molecule is CCOC(=O)[C@H]1[C@H](C(=O)c2cc(OC)c(OC)c(OC)c2)[C@]12C(=O)Nc1ccccc12. The zero-order chi connectivity index (χ0) is 22.3. The maximum Gasteiger partial charge on any atom is 0.311 e. The third-order valence-electron chi connectivity index (χ3n) is 5.97. The molecule has 1 saturated carbocycles. The number of rotatable bonds is 7. The Morgan fingerprint density at radius 3 is 2.23 bits per heavy atom. The molecule has 2 aliphatic rings. The van der Waals surface area contributed by atoms with Gasteiger partial charge in [0.2, 0.25) is 11.7 Å². The fraction of sp³-hybridized carbons (Fsp3) is 0.348. The van der Waals surface area contributed by atoms with E-state index in [-0.39, 0.29) is 23.9 Å². The van der Waals surface area contributed by atoms with Crippen LogP contribution in [0.25, 0.3) is 0 Å². The van der Waals surface area contributed by atoms with Gasteiger partial charge in [0.05, 0.1) is 39.8 Å². The highest BCUT2D eigenvalue weighted by molar-refractivity contribution is 6.20. The molecule has 0 bridgehead atoms. The third kappa shape index (κ3) is 2.85. The lowest BCUT2D eigenvalue weighted by Crippen LogP contribution is -2.26. The number of hydrogen-bond acceptors (Lipinski definition) is 7. The van der Waals surface area contributed by atoms with Gasteiger partial charge in [-0.05, 0) is 30.7 Å². The molecule has 0 saturated heterocycles. The van der Waals surface area contributed by atoms with Crippen molar-refractivity contribution in [2.75, 3.05) is 33.3 Å². The molecule has 31 heavy (non-hydrogen) atoms. The normalized spacial score (nSPS) is 23.0. The van der Waals surface area contributed by atoms with Crippen LogP contribution in [-0.4, -0.2) is 45.6 Å². The number of nitrogens with one attached hydrogen (secondary N) is 1. The molecule has 1 aliphatic heterocycles. The van der Waals surface area contributed by atoms with Crippen molar-refractivity contribution in [3.05, 3.63) is 47.5 Å². The van der Waals surface area contributed by atoms with E-state index in [1.807, 2.05) is 0 Å². The highest BCUT2D eigenvalue weighted by Crippen LogP contribution is 2.66. The first-order valence-electron chi connectivity index (χ1n) is 9.87. The third-order valence-corrected chi connectivity index (χ3v) is 5.97. The van der Waals surface area contributed by atoms with Crippen LogP contribution in [-0.2, 0) is 19.7 Å². The molecule has 0 aromatic heterocycles. The van der Waals surface area contributed by atoms with Crippen molar-refractivity contribution in [2.45, 2.75) is 12.3 Å². The Balaban J connectivity index is 1.82. The molecule has 3 atom stereocenters. The molecule has 8 heteroatoms. The van der Waals surface area contributed by atoms with Crippen LogP contribution in [0.1, 0.15) is 22.8 Å². The van der Waals surface area contributed by atoms with Crippen LogP contribution >= 0.6 is 0 Å². The molecule has 1 fully saturated rings. The number of fused-ring (bicyclic) bond motifs is 2. The fourth-order valence-corrected chi connectivity index (χ4v) is 4.62. The number of hydrogen-bond donors (Lipinski definition) is 1. The van der Waals surface area contributed by atoms with E-state index in [0.717, 1.165) is 0 Å². The van der Waals surface area contributed by atoms with Crippen LogP contribution in [0.15, 0.2) is 36.4 Å². The van der Waals surface area contributed by atoms with Crippen molar-refractivity contribution in [2.24, 2.45) is 11.8 Å². The highest BCUT2D eigenvalue weighted by Gasteiger charge is 2.79. The van der Waals surface area contributed by atoms with E-state index in [0.29, 0.717) is 28.5 Å². The van der Waals surface area contributed by atoms with E-state index in [4.69, 9.17) is 18.9 Å². The molecule has 8 nitrogen and oxygen atoms in total. The van der Waals surface area contributed by atoms with Gasteiger partial charge in [0.1, 0.15) is 5.41 Å². The highest BCUT2D eigenvalue weighted by atomic mass is 16.5. The molecule has 1 amide bonds. The summed E-state index contributed by atoms with van der Waals surface area (Å²) in [5.74, 6) is -2.17. The first kappa shape index (κ1) is 20.7. The molecule has 0 unspecified atom stereocenters. The number of amides is 1. The van der Waals surface area contributed by atoms with Crippen molar-refractivity contribution in [1.82, 2.24) is 0 Å². The van der Waals surface area contributed by atoms with Gasteiger partial charge in [-0.3, -0.25) is 14.4 Å². The van der Waals surface area contributed by atoms with Crippen LogP contribution < -0.4 is 19.5 Å². The zero-order valence-corrected chi connectivity index (χ0v) is 17.7. The van der Waals surface area contributed by atoms with Crippen LogP contribution in [0.3, 0.4) is 0 Å². The smallest absolute Gasteiger partial charge is 0.311 e. The number of ether oxygens (including phenoxy) is 4. The van der Waals surface area contributed by atoms with E-state index in [9.17, 15) is 14.4 Å². The van der Waals surface area contributed by atoms with E-state index in [1.54, 1.807) is 31.2 Å². The van der Waals surface area contributed by atoms with Gasteiger partial charge in [-0.15, -0.1) is 0 Å². The summed E-state index contributed by atoms with van der Waals surface area (Å²) in [7, 11) is 4.37. The Morgan fingerprint density at radius 1 is 1.00 bits per heavy atom. The molecule has 162 valence electrons. The number of ketones is 1. The first-order valence-corrected chi connectivity index (χ1v) is 9.87. The molecule has 4 rings (SSSR count). The predicted molar refractivity (Wildman–Crippen MR) is 111 cm³/mol. The Kier molecular flexibility index (Phi) is 5.08. The van der Waals surface area contributed by atoms with Crippen molar-refractivity contribution in [3.8, 4) is 17.2 Å². The standard InChI is InChI=1S/C23H23NO7/c1-5-31-21(26)18-17(23(18)13-8-6-7-9-14(13)24-22(23)27)19(25)12-10-15(28-2)20(30-4)16(11-12)29-3/h6-11,17-18H,5H2,1-4H3,(H,24,27)/t17-,18-,23+/m1/s1. The second-order valence-corrected chi connectivity index (χ2v) is 7.35. The van der Waals surface area contributed by atoms with Gasteiger partial charge in [0, 0.05) is 11.3 Å². The number of anilines is 1. The topological polar surface area (TPSA) is 100 Å². The monoisotopic (exact) mass is 425 g/mol. The summed E-state index contributed by atoms with van der Waals surface area (Å²) >= 11 is 0. The van der Waals surface area contributed by atoms with Gasteiger partial charge in [-0.2, -0.15) is 0 Å². The number of Topliss-reactive ketones (excluding diaryl/α,β-unsaturated/α-hetero) is 1. The van der Waals surface area contributed by atoms with Gasteiger partial charge in [-0.1, -0.05) is 18.2 Å². The molecule has 1 aliphatic carbocycles. The predicted octanol–water partition coefficient (Wildman–Crippen LogP) is 2.59. The summed E-state index contributed by atoms with van der Waals surface area (Å²) in [6, 6.07) is 10.1. The van der Waals surface area contributed by atoms with Gasteiger partial charge in [-0.25, -0.2) is 0 Å². The van der Waals surface area contributed by atoms with E-state index < -0.39 is 23.2 Å². The van der Waals surface area contributed by atoms with E-state index >= 15 is 0 Å². The molecular weight excluding hydrogens is 402 g/mol. The van der Waals surface area contributed by atoms with E-state index in [1.165, 1.54) is 33.5 Å². The summed E-state index contributed by atoms with van der Waals surface area (Å²) in [5, 5.41) is 2.81. The number of carbonyl (C=O) groups excluding carboxylic acids is 3. The second-order valence-electron chi connectivity index (χ2n) is 7.35. The van der Waals surface area contributed by atoms with Crippen LogP contribution in [0, 0.1) is 11.8 Å². The molecule has 2 aromatic rings. The van der Waals surface area contributed by atoms with Crippen molar-refractivity contribution in [1.29, 1.82) is 0 Å². The average Bonchev–Trinajstić information content (AvgIpc) is 3.40. The molecule has 1 N–H and O–H groups in total. The molecule has 2 aromatic carbocycles. The summed E-state index contributed by atoms with van der Waals surface area (Å²) in [5.41, 5.74) is 0.189. The van der Waals surface area contributed by atoms with Gasteiger partial charge in [0.25, 0.3) is 0 Å². The largest absolute Gasteiger partial charge is 0.493 e. The number of carbonyl (C=O) groups is 3. The maximum atomic E-state index is 13.6. The lowest BCUT2D eigenvalue weighted by atomic mass is 9.91. The van der Waals surface area contributed by atoms with Gasteiger partial charge < -0.3 is 24.3 Å². The molecular formula is C23H23NO7. The minimum atomic E-state index is -1.29. The summed E-state index contributed by atoms with van der Waals surface area (Å²) < 4.78 is 21.2. The van der Waals surface area contributed by atoms with Crippen LogP contribution in [0.4, 0.5) is 5.69 Å². The number of methoxy groups -OCH3 is 3. The Bertz CT molecular complexity index is 1050. The molecule has 1 heterocycles. The average molecular weight is 425 g/mol. The lowest BCUT2D eigenvalue weighted by molar-refractivity contribution is -0.146. The van der Waals surface area contributed by atoms with Crippen LogP contribution in [0.2, 0.25) is 0 Å². The Morgan fingerprint density at radius 2 is 1.65 bits per heavy atom. The minimum absolute atomic E-state index is 0.153. The Hall–Kier alpha value is -3.55. The number of benzene rings is 2. The molecule has 0 radical (unpaired) electrons. The number of para-hydroxylation sites is 1. The first-order chi connectivity index (χ1) is 14.9. The zero-order valence-electron chi connectivity index (χ0n) is 17.7. The lowest BCUT2D eigenvalue weighted by Gasteiger charge is -2.14. The van der Waals surface area contributed by atoms with Crippen LogP contribution in [0.5, 0.6) is 17.2 Å².